The summed E-state index contributed by atoms with van der Waals surface area (Å²) < 4.78 is 6.42. The Morgan fingerprint density at radius 2 is 2.15 bits per heavy atom. The van der Waals surface area contributed by atoms with E-state index in [-0.39, 0.29) is 6.10 Å². The summed E-state index contributed by atoms with van der Waals surface area (Å²) in [6.45, 7) is 4.63. The van der Waals surface area contributed by atoms with E-state index in [4.69, 9.17) is 10.5 Å². The van der Waals surface area contributed by atoms with Gasteiger partial charge in [-0.1, -0.05) is 12.1 Å². The Labute approximate surface area is 87.2 Å². The number of ether oxygens (including phenoxy) is 1. The molecule has 0 radical (unpaired) electrons. The molecule has 3 heteroatoms. The minimum absolute atomic E-state index is 0.244. The summed E-state index contributed by atoms with van der Waals surface area (Å²) in [5, 5.41) is 0. The van der Waals surface area contributed by atoms with Crippen LogP contribution in [-0.4, -0.2) is 6.10 Å². The van der Waals surface area contributed by atoms with Crippen molar-refractivity contribution in [2.75, 3.05) is 5.73 Å². The normalized spacial score (nSPS) is 10.8. The van der Waals surface area contributed by atoms with Gasteiger partial charge in [0, 0.05) is 10.2 Å². The topological polar surface area (TPSA) is 35.2 Å². The second-order valence-electron chi connectivity index (χ2n) is 3.18. The molecule has 1 aromatic carbocycles. The fourth-order valence-electron chi connectivity index (χ4n) is 0.968. The molecule has 1 rings (SSSR count). The highest BCUT2D eigenvalue weighted by Crippen LogP contribution is 2.24. The van der Waals surface area contributed by atoms with Gasteiger partial charge in [0.25, 0.3) is 0 Å². The average Bonchev–Trinajstić information content (AvgIpc) is 2.07. The molecule has 0 spiro atoms. The summed E-state index contributed by atoms with van der Waals surface area (Å²) >= 11 is 3.43. The van der Waals surface area contributed by atoms with Crippen LogP contribution in [0.25, 0.3) is 0 Å². The van der Waals surface area contributed by atoms with Gasteiger partial charge in [0.05, 0.1) is 12.7 Å². The lowest BCUT2D eigenvalue weighted by molar-refractivity contribution is 0.0654. The van der Waals surface area contributed by atoms with Crippen LogP contribution in [0.2, 0.25) is 0 Å². The average molecular weight is 244 g/mol. The standard InChI is InChI=1S/C10H14BrNO/c1-7(2)13-6-8-4-3-5-9(12)10(8)11/h3-5,7H,6,12H2,1-2H3. The molecule has 0 heterocycles. The van der Waals surface area contributed by atoms with Gasteiger partial charge >= 0.3 is 0 Å². The molecule has 2 nitrogen and oxygen atoms in total. The number of anilines is 1. The number of rotatable bonds is 3. The van der Waals surface area contributed by atoms with Crippen LogP contribution in [0.5, 0.6) is 0 Å². The van der Waals surface area contributed by atoms with E-state index in [1.807, 2.05) is 32.0 Å². The van der Waals surface area contributed by atoms with Crippen LogP contribution in [0.4, 0.5) is 5.69 Å². The summed E-state index contributed by atoms with van der Waals surface area (Å²) in [6, 6.07) is 5.80. The molecule has 0 saturated heterocycles. The Morgan fingerprint density at radius 1 is 1.46 bits per heavy atom. The van der Waals surface area contributed by atoms with Gasteiger partial charge < -0.3 is 10.5 Å². The Balaban J connectivity index is 2.71. The van der Waals surface area contributed by atoms with Crippen molar-refractivity contribution < 1.29 is 4.74 Å². The predicted molar refractivity (Wildman–Crippen MR) is 58.5 cm³/mol. The SMILES string of the molecule is CC(C)OCc1cccc(N)c1Br. The first-order valence-corrected chi connectivity index (χ1v) is 5.05. The molecule has 0 fully saturated rings. The molecule has 0 aliphatic heterocycles. The van der Waals surface area contributed by atoms with E-state index in [1.54, 1.807) is 0 Å². The van der Waals surface area contributed by atoms with Gasteiger partial charge in [-0.15, -0.1) is 0 Å². The second kappa shape index (κ2) is 4.63. The smallest absolute Gasteiger partial charge is 0.0732 e. The number of hydrogen-bond acceptors (Lipinski definition) is 2. The summed E-state index contributed by atoms with van der Waals surface area (Å²) in [5.41, 5.74) is 7.57. The van der Waals surface area contributed by atoms with E-state index in [0.717, 1.165) is 15.7 Å². The maximum absolute atomic E-state index is 5.72. The van der Waals surface area contributed by atoms with E-state index in [2.05, 4.69) is 15.9 Å². The molecule has 0 aromatic heterocycles. The van der Waals surface area contributed by atoms with E-state index in [0.29, 0.717) is 6.61 Å². The minimum atomic E-state index is 0.244. The minimum Gasteiger partial charge on any atom is -0.398 e. The number of halogens is 1. The van der Waals surface area contributed by atoms with E-state index in [9.17, 15) is 0 Å². The van der Waals surface area contributed by atoms with Crippen molar-refractivity contribution in [3.8, 4) is 0 Å². The molecule has 0 atom stereocenters. The molecule has 0 saturated carbocycles. The van der Waals surface area contributed by atoms with Gasteiger partial charge in [0.1, 0.15) is 0 Å². The number of benzene rings is 1. The fraction of sp³-hybridized carbons (Fsp3) is 0.400. The molecule has 1 aromatic rings. The summed E-state index contributed by atoms with van der Waals surface area (Å²) in [6.07, 6.45) is 0.244. The van der Waals surface area contributed by atoms with Gasteiger partial charge in [-0.05, 0) is 41.4 Å². The monoisotopic (exact) mass is 243 g/mol. The quantitative estimate of drug-likeness (QED) is 0.829. The van der Waals surface area contributed by atoms with E-state index >= 15 is 0 Å². The van der Waals surface area contributed by atoms with Crippen molar-refractivity contribution in [3.63, 3.8) is 0 Å². The third kappa shape index (κ3) is 3.01. The number of nitrogen functional groups attached to an aromatic ring is 1. The lowest BCUT2D eigenvalue weighted by Crippen LogP contribution is -2.03. The van der Waals surface area contributed by atoms with Crippen molar-refractivity contribution in [1.29, 1.82) is 0 Å². The summed E-state index contributed by atoms with van der Waals surface area (Å²) in [7, 11) is 0. The van der Waals surface area contributed by atoms with Crippen molar-refractivity contribution >= 4 is 21.6 Å². The maximum atomic E-state index is 5.72. The van der Waals surface area contributed by atoms with Crippen LogP contribution in [0.1, 0.15) is 19.4 Å². The molecule has 13 heavy (non-hydrogen) atoms. The largest absolute Gasteiger partial charge is 0.398 e. The molecule has 0 amide bonds. The van der Waals surface area contributed by atoms with Crippen molar-refractivity contribution in [2.45, 2.75) is 26.6 Å². The number of nitrogens with two attached hydrogens (primary N) is 1. The highest BCUT2D eigenvalue weighted by molar-refractivity contribution is 9.10. The Morgan fingerprint density at radius 3 is 2.77 bits per heavy atom. The Kier molecular flexibility index (Phi) is 3.75. The number of hydrogen-bond donors (Lipinski definition) is 1. The first kappa shape index (κ1) is 10.5. The molecule has 2 N–H and O–H groups in total. The molecule has 72 valence electrons. The second-order valence-corrected chi connectivity index (χ2v) is 3.97. The molecular formula is C10H14BrNO. The van der Waals surface area contributed by atoms with Crippen molar-refractivity contribution in [3.05, 3.63) is 28.2 Å². The van der Waals surface area contributed by atoms with Crippen molar-refractivity contribution in [1.82, 2.24) is 0 Å². The Bertz CT molecular complexity index is 286. The van der Waals surface area contributed by atoms with Gasteiger partial charge in [0.15, 0.2) is 0 Å². The molecule has 0 bridgehead atoms. The molecule has 0 aliphatic rings. The highest BCUT2D eigenvalue weighted by Gasteiger charge is 2.03. The third-order valence-electron chi connectivity index (χ3n) is 1.68. The first-order valence-electron chi connectivity index (χ1n) is 4.25. The molecular weight excluding hydrogens is 230 g/mol. The zero-order valence-corrected chi connectivity index (χ0v) is 9.47. The van der Waals surface area contributed by atoms with Crippen LogP contribution in [0.3, 0.4) is 0 Å². The third-order valence-corrected chi connectivity index (χ3v) is 2.65. The summed E-state index contributed by atoms with van der Waals surface area (Å²) in [5.74, 6) is 0. The van der Waals surface area contributed by atoms with Gasteiger partial charge in [-0.3, -0.25) is 0 Å². The van der Waals surface area contributed by atoms with Gasteiger partial charge in [-0.25, -0.2) is 0 Å². The maximum Gasteiger partial charge on any atom is 0.0732 e. The van der Waals surface area contributed by atoms with Crippen LogP contribution in [-0.2, 0) is 11.3 Å². The van der Waals surface area contributed by atoms with Crippen LogP contribution >= 0.6 is 15.9 Å². The van der Waals surface area contributed by atoms with Crippen LogP contribution in [0.15, 0.2) is 22.7 Å². The zero-order chi connectivity index (χ0) is 9.84. The summed E-state index contributed by atoms with van der Waals surface area (Å²) in [4.78, 5) is 0. The van der Waals surface area contributed by atoms with Crippen LogP contribution < -0.4 is 5.73 Å². The molecule has 0 unspecified atom stereocenters. The van der Waals surface area contributed by atoms with E-state index < -0.39 is 0 Å². The van der Waals surface area contributed by atoms with Gasteiger partial charge in [-0.2, -0.15) is 0 Å². The van der Waals surface area contributed by atoms with Crippen molar-refractivity contribution in [2.24, 2.45) is 0 Å². The molecule has 0 aliphatic carbocycles. The highest BCUT2D eigenvalue weighted by atomic mass is 79.9. The fourth-order valence-corrected chi connectivity index (χ4v) is 1.35. The Hall–Kier alpha value is -0.540. The lowest BCUT2D eigenvalue weighted by atomic mass is 10.2. The van der Waals surface area contributed by atoms with Crippen LogP contribution in [0, 0.1) is 0 Å². The van der Waals surface area contributed by atoms with E-state index in [1.165, 1.54) is 0 Å². The first-order chi connectivity index (χ1) is 6.11. The predicted octanol–water partition coefficient (Wildman–Crippen LogP) is 2.96. The van der Waals surface area contributed by atoms with Gasteiger partial charge in [0.2, 0.25) is 0 Å². The lowest BCUT2D eigenvalue weighted by Gasteiger charge is -2.10. The zero-order valence-electron chi connectivity index (χ0n) is 7.88.